The quantitative estimate of drug-likeness (QED) is 0.267. The summed E-state index contributed by atoms with van der Waals surface area (Å²) in [5, 5.41) is 4.51. The monoisotopic (exact) mass is 534 g/mol. The zero-order valence-electron chi connectivity index (χ0n) is 22.3. The normalized spacial score (nSPS) is 11.6. The smallest absolute Gasteiger partial charge is 0.396 e. The molecular weight excluding hydrogens is 504 g/mol. The highest BCUT2D eigenvalue weighted by molar-refractivity contribution is 5.76. The number of hydrogen-bond donors (Lipinski definition) is 0. The Labute approximate surface area is 222 Å². The summed E-state index contributed by atoms with van der Waals surface area (Å²) in [6.45, 7) is 8.41. The average Bonchev–Trinajstić information content (AvgIpc) is 3.59. The predicted octanol–water partition coefficient (Wildman–Crippen LogP) is 3.04. The number of aryl methyl sites for hydroxylation is 3. The van der Waals surface area contributed by atoms with Crippen molar-refractivity contribution in [3.05, 3.63) is 90.8 Å². The molecule has 4 heterocycles. The van der Waals surface area contributed by atoms with E-state index < -0.39 is 17.1 Å². The largest absolute Gasteiger partial charge is 0.519 e. The van der Waals surface area contributed by atoms with E-state index in [-0.39, 0.29) is 36.8 Å². The van der Waals surface area contributed by atoms with Crippen molar-refractivity contribution in [3.63, 3.8) is 0 Å². The van der Waals surface area contributed by atoms with Crippen molar-refractivity contribution in [1.29, 1.82) is 0 Å². The van der Waals surface area contributed by atoms with Gasteiger partial charge in [-0.1, -0.05) is 36.8 Å². The van der Waals surface area contributed by atoms with Gasteiger partial charge in [-0.25, -0.2) is 14.6 Å². The zero-order valence-corrected chi connectivity index (χ0v) is 22.3. The molecule has 0 fully saturated rings. The Hall–Kier alpha value is -4.45. The summed E-state index contributed by atoms with van der Waals surface area (Å²) >= 11 is 0. The van der Waals surface area contributed by atoms with Gasteiger partial charge in [-0.3, -0.25) is 23.2 Å². The lowest BCUT2D eigenvalue weighted by molar-refractivity contribution is 0.0550. The second-order valence-electron chi connectivity index (χ2n) is 9.35. The Morgan fingerprint density at radius 1 is 1.03 bits per heavy atom. The van der Waals surface area contributed by atoms with Crippen molar-refractivity contribution in [2.24, 2.45) is 0 Å². The van der Waals surface area contributed by atoms with E-state index in [0.29, 0.717) is 36.7 Å². The first-order valence-corrected chi connectivity index (χ1v) is 12.8. The van der Waals surface area contributed by atoms with E-state index in [1.165, 1.54) is 9.13 Å². The molecule has 1 aromatic carbocycles. The lowest BCUT2D eigenvalue weighted by Crippen LogP contribution is -2.40. The van der Waals surface area contributed by atoms with Gasteiger partial charge >= 0.3 is 11.5 Å². The number of aromatic nitrogens is 6. The molecule has 0 spiro atoms. The topological polar surface area (TPSA) is 132 Å². The number of hydrogen-bond acceptors (Lipinski definition) is 8. The number of fused-ring (bicyclic) bond motifs is 1. The summed E-state index contributed by atoms with van der Waals surface area (Å²) in [6.07, 6.45) is 4.14. The van der Waals surface area contributed by atoms with Crippen LogP contribution in [0.3, 0.4) is 0 Å². The Kier molecular flexibility index (Phi) is 7.20. The van der Waals surface area contributed by atoms with E-state index in [9.17, 15) is 14.4 Å². The maximum Gasteiger partial charge on any atom is 0.519 e. The summed E-state index contributed by atoms with van der Waals surface area (Å²) in [6, 6.07) is 8.16. The van der Waals surface area contributed by atoms with Gasteiger partial charge in [-0.15, -0.1) is 0 Å². The van der Waals surface area contributed by atoms with Crippen LogP contribution >= 0.6 is 0 Å². The highest BCUT2D eigenvalue weighted by atomic mass is 16.6. The summed E-state index contributed by atoms with van der Waals surface area (Å²) in [7, 11) is 0. The minimum absolute atomic E-state index is 0.0557. The molecule has 0 saturated carbocycles. The number of rotatable bonds is 10. The molecule has 0 N–H and O–H groups in total. The van der Waals surface area contributed by atoms with Crippen LogP contribution in [0.15, 0.2) is 59.9 Å². The fraction of sp³-hybridized carbons (Fsp3) is 0.370. The molecule has 0 amide bonds. The molecule has 5 aromatic rings. The summed E-state index contributed by atoms with van der Waals surface area (Å²) < 4.78 is 22.0. The average molecular weight is 535 g/mol. The molecule has 0 aliphatic rings. The second-order valence-corrected chi connectivity index (χ2v) is 9.35. The maximum absolute atomic E-state index is 13.6. The van der Waals surface area contributed by atoms with Crippen molar-refractivity contribution in [2.75, 3.05) is 0 Å². The molecule has 0 aliphatic carbocycles. The molecular formula is C27H30N6O6. The van der Waals surface area contributed by atoms with Gasteiger partial charge in [-0.05, 0) is 32.8 Å². The molecule has 204 valence electrons. The van der Waals surface area contributed by atoms with Crippen molar-refractivity contribution >= 4 is 11.2 Å². The third-order valence-electron chi connectivity index (χ3n) is 6.49. The van der Waals surface area contributed by atoms with Crippen LogP contribution in [0.4, 0.5) is 0 Å². The van der Waals surface area contributed by atoms with Crippen molar-refractivity contribution < 1.29 is 13.6 Å². The fourth-order valence-corrected chi connectivity index (χ4v) is 4.64. The SMILES string of the molecule is CCCn1c(=O)c2c(nc(-c3cnn(Cc4cccc(C)c4)c3)n2COCc2oc(=O)oc2C)n(CC)c1=O. The van der Waals surface area contributed by atoms with Crippen LogP contribution in [0.5, 0.6) is 0 Å². The van der Waals surface area contributed by atoms with Gasteiger partial charge in [0.1, 0.15) is 24.9 Å². The third-order valence-corrected chi connectivity index (χ3v) is 6.49. The van der Waals surface area contributed by atoms with Gasteiger partial charge in [0.15, 0.2) is 16.9 Å². The summed E-state index contributed by atoms with van der Waals surface area (Å²) in [4.78, 5) is 42.9. The molecule has 0 unspecified atom stereocenters. The number of nitrogens with zero attached hydrogens (tertiary/aromatic N) is 6. The minimum Gasteiger partial charge on any atom is -0.396 e. The van der Waals surface area contributed by atoms with E-state index in [4.69, 9.17) is 18.6 Å². The van der Waals surface area contributed by atoms with Gasteiger partial charge in [0.2, 0.25) is 0 Å². The third kappa shape index (κ3) is 5.02. The Morgan fingerprint density at radius 2 is 1.85 bits per heavy atom. The van der Waals surface area contributed by atoms with Gasteiger partial charge in [0.05, 0.1) is 18.3 Å². The standard InChI is InChI=1S/C27H30N6O6/c1-5-10-32-25(34)22-24(31(6-2)26(32)35)29-23(33(22)16-37-15-21-18(4)38-27(36)39-21)20-12-28-30(14-20)13-19-9-7-8-17(3)11-19/h7-9,11-12,14H,5-6,10,13,15-16H2,1-4H3. The fourth-order valence-electron chi connectivity index (χ4n) is 4.64. The molecule has 0 atom stereocenters. The Bertz CT molecular complexity index is 1810. The first-order chi connectivity index (χ1) is 18.8. The highest BCUT2D eigenvalue weighted by Gasteiger charge is 2.23. The molecule has 12 nitrogen and oxygen atoms in total. The lowest BCUT2D eigenvalue weighted by atomic mass is 10.1. The van der Waals surface area contributed by atoms with Crippen LogP contribution in [0.2, 0.25) is 0 Å². The molecule has 0 radical (unpaired) electrons. The molecule has 0 bridgehead atoms. The Balaban J connectivity index is 1.60. The molecule has 39 heavy (non-hydrogen) atoms. The van der Waals surface area contributed by atoms with Crippen molar-refractivity contribution in [3.8, 4) is 11.4 Å². The van der Waals surface area contributed by atoms with Gasteiger partial charge in [0.25, 0.3) is 5.56 Å². The first kappa shape index (κ1) is 26.2. The molecule has 0 saturated heterocycles. The number of imidazole rings is 1. The molecule has 12 heteroatoms. The van der Waals surface area contributed by atoms with Crippen molar-refractivity contribution in [2.45, 2.75) is 67.1 Å². The Morgan fingerprint density at radius 3 is 2.54 bits per heavy atom. The number of ether oxygens (including phenoxy) is 1. The van der Waals surface area contributed by atoms with Crippen LogP contribution in [0.25, 0.3) is 22.6 Å². The maximum atomic E-state index is 13.6. The molecule has 4 aromatic heterocycles. The van der Waals surface area contributed by atoms with Gasteiger partial charge < -0.3 is 13.6 Å². The van der Waals surface area contributed by atoms with Crippen molar-refractivity contribution in [1.82, 2.24) is 28.5 Å². The first-order valence-electron chi connectivity index (χ1n) is 12.8. The van der Waals surface area contributed by atoms with E-state index in [1.807, 2.05) is 45.2 Å². The predicted molar refractivity (Wildman–Crippen MR) is 142 cm³/mol. The van der Waals surface area contributed by atoms with Crippen LogP contribution in [-0.4, -0.2) is 28.5 Å². The van der Waals surface area contributed by atoms with E-state index in [0.717, 1.165) is 11.1 Å². The number of benzene rings is 1. The van der Waals surface area contributed by atoms with E-state index in [2.05, 4.69) is 11.2 Å². The van der Waals surface area contributed by atoms with E-state index >= 15 is 0 Å². The molecule has 5 rings (SSSR count). The summed E-state index contributed by atoms with van der Waals surface area (Å²) in [5.41, 5.74) is 2.59. The van der Waals surface area contributed by atoms with Crippen LogP contribution < -0.4 is 17.1 Å². The zero-order chi connectivity index (χ0) is 27.7. The molecule has 0 aliphatic heterocycles. The van der Waals surface area contributed by atoms with E-state index in [1.54, 1.807) is 22.4 Å². The highest BCUT2D eigenvalue weighted by Crippen LogP contribution is 2.23. The minimum atomic E-state index is -0.810. The van der Waals surface area contributed by atoms with Crippen LogP contribution in [0.1, 0.15) is 42.9 Å². The van der Waals surface area contributed by atoms with Gasteiger partial charge in [-0.2, -0.15) is 5.10 Å². The lowest BCUT2D eigenvalue weighted by Gasteiger charge is -2.11. The second kappa shape index (κ2) is 10.7. The van der Waals surface area contributed by atoms with Crippen LogP contribution in [-0.2, 0) is 37.7 Å². The van der Waals surface area contributed by atoms with Gasteiger partial charge in [0, 0.05) is 19.3 Å². The summed E-state index contributed by atoms with van der Waals surface area (Å²) in [5.74, 6) is 0.193. The van der Waals surface area contributed by atoms with Crippen LogP contribution in [0, 0.1) is 13.8 Å².